The van der Waals surface area contributed by atoms with Gasteiger partial charge in [-0.25, -0.2) is 0 Å². The van der Waals surface area contributed by atoms with Gasteiger partial charge in [-0.1, -0.05) is 32.0 Å². The van der Waals surface area contributed by atoms with Crippen molar-refractivity contribution in [2.45, 2.75) is 26.8 Å². The highest BCUT2D eigenvalue weighted by molar-refractivity contribution is 5.33. The molecule has 0 spiro atoms. The molecule has 0 aliphatic heterocycles. The number of para-hydroxylation sites is 1. The monoisotopic (exact) mass is 287 g/mol. The maximum atomic E-state index is 5.94. The van der Waals surface area contributed by atoms with Crippen LogP contribution in [0.1, 0.15) is 25.1 Å². The molecule has 0 saturated heterocycles. The Morgan fingerprint density at radius 1 is 1.24 bits per heavy atom. The van der Waals surface area contributed by atoms with Crippen LogP contribution in [0.4, 0.5) is 0 Å². The molecule has 1 N–H and O–H groups in total. The number of rotatable bonds is 8. The van der Waals surface area contributed by atoms with Gasteiger partial charge in [0.15, 0.2) is 0 Å². The van der Waals surface area contributed by atoms with Gasteiger partial charge in [0, 0.05) is 37.5 Å². The lowest BCUT2D eigenvalue weighted by Gasteiger charge is -2.13. The predicted molar refractivity (Wildman–Crippen MR) is 85.4 cm³/mol. The van der Waals surface area contributed by atoms with Crippen LogP contribution in [0.3, 0.4) is 0 Å². The van der Waals surface area contributed by atoms with Gasteiger partial charge in [0.2, 0.25) is 0 Å². The Hall–Kier alpha value is -1.81. The lowest BCUT2D eigenvalue weighted by Crippen LogP contribution is -2.19. The molecular formula is C17H25N3O. The summed E-state index contributed by atoms with van der Waals surface area (Å²) in [6, 6.07) is 10.3. The van der Waals surface area contributed by atoms with E-state index in [1.165, 1.54) is 11.3 Å². The average Bonchev–Trinajstić information content (AvgIpc) is 2.86. The molecule has 0 aliphatic carbocycles. The zero-order chi connectivity index (χ0) is 15.1. The lowest BCUT2D eigenvalue weighted by atomic mass is 10.2. The summed E-state index contributed by atoms with van der Waals surface area (Å²) >= 11 is 0. The van der Waals surface area contributed by atoms with Crippen molar-refractivity contribution < 1.29 is 4.74 Å². The van der Waals surface area contributed by atoms with Gasteiger partial charge in [0.25, 0.3) is 0 Å². The number of aromatic nitrogens is 2. The smallest absolute Gasteiger partial charge is 0.123 e. The Morgan fingerprint density at radius 2 is 2.05 bits per heavy atom. The van der Waals surface area contributed by atoms with Crippen molar-refractivity contribution in [1.82, 2.24) is 15.1 Å². The summed E-state index contributed by atoms with van der Waals surface area (Å²) in [4.78, 5) is 0. The molecule has 0 fully saturated rings. The standard InChI is InChI=1S/C17H25N3O/c1-14(2)12-18-13-15-6-4-5-7-17(15)21-11-9-16-8-10-19-20(16)3/h4-8,10,14,18H,9,11-13H2,1-3H3. The Balaban J connectivity index is 1.86. The van der Waals surface area contributed by atoms with Crippen LogP contribution >= 0.6 is 0 Å². The second-order valence-corrected chi connectivity index (χ2v) is 5.68. The summed E-state index contributed by atoms with van der Waals surface area (Å²) < 4.78 is 7.83. The van der Waals surface area contributed by atoms with E-state index in [2.05, 4.69) is 36.4 Å². The number of hydrogen-bond acceptors (Lipinski definition) is 3. The molecule has 114 valence electrons. The van der Waals surface area contributed by atoms with Gasteiger partial charge in [-0.05, 0) is 24.6 Å². The predicted octanol–water partition coefficient (Wildman–Crippen LogP) is 2.79. The fraction of sp³-hybridized carbons (Fsp3) is 0.471. The molecule has 1 heterocycles. The average molecular weight is 287 g/mol. The number of benzene rings is 1. The third-order valence-corrected chi connectivity index (χ3v) is 3.38. The molecule has 21 heavy (non-hydrogen) atoms. The molecule has 4 heteroatoms. The van der Waals surface area contributed by atoms with Crippen molar-refractivity contribution in [3.05, 3.63) is 47.8 Å². The SMILES string of the molecule is CC(C)CNCc1ccccc1OCCc1ccnn1C. The molecule has 0 atom stereocenters. The molecule has 0 bridgehead atoms. The number of nitrogens with zero attached hydrogens (tertiary/aromatic N) is 2. The van der Waals surface area contributed by atoms with E-state index >= 15 is 0 Å². The van der Waals surface area contributed by atoms with Gasteiger partial charge in [-0.3, -0.25) is 4.68 Å². The first-order chi connectivity index (χ1) is 10.2. The minimum Gasteiger partial charge on any atom is -0.493 e. The minimum atomic E-state index is 0.655. The van der Waals surface area contributed by atoms with E-state index in [0.717, 1.165) is 25.3 Å². The van der Waals surface area contributed by atoms with E-state index in [-0.39, 0.29) is 0 Å². The van der Waals surface area contributed by atoms with Crippen LogP contribution in [0.25, 0.3) is 0 Å². The van der Waals surface area contributed by atoms with Gasteiger partial charge in [-0.2, -0.15) is 5.10 Å². The molecule has 0 amide bonds. The summed E-state index contributed by atoms with van der Waals surface area (Å²) in [6.07, 6.45) is 2.68. The molecule has 0 saturated carbocycles. The Labute approximate surface area is 127 Å². The topological polar surface area (TPSA) is 39.1 Å². The van der Waals surface area contributed by atoms with Crippen molar-refractivity contribution in [1.29, 1.82) is 0 Å². The van der Waals surface area contributed by atoms with Gasteiger partial charge >= 0.3 is 0 Å². The van der Waals surface area contributed by atoms with Crippen LogP contribution in [0.2, 0.25) is 0 Å². The molecule has 1 aromatic carbocycles. The Morgan fingerprint density at radius 3 is 2.76 bits per heavy atom. The van der Waals surface area contributed by atoms with Crippen molar-refractivity contribution in [2.75, 3.05) is 13.2 Å². The zero-order valence-electron chi connectivity index (χ0n) is 13.2. The second-order valence-electron chi connectivity index (χ2n) is 5.68. The largest absolute Gasteiger partial charge is 0.493 e. The van der Waals surface area contributed by atoms with Gasteiger partial charge < -0.3 is 10.1 Å². The lowest BCUT2D eigenvalue weighted by molar-refractivity contribution is 0.314. The van der Waals surface area contributed by atoms with E-state index in [0.29, 0.717) is 12.5 Å². The number of aryl methyl sites for hydroxylation is 1. The van der Waals surface area contributed by atoms with Gasteiger partial charge in [0.1, 0.15) is 5.75 Å². The quantitative estimate of drug-likeness (QED) is 0.811. The first-order valence-electron chi connectivity index (χ1n) is 7.55. The van der Waals surface area contributed by atoms with Crippen molar-refractivity contribution in [3.8, 4) is 5.75 Å². The van der Waals surface area contributed by atoms with E-state index in [4.69, 9.17) is 4.74 Å². The van der Waals surface area contributed by atoms with E-state index in [1.807, 2.05) is 36.1 Å². The van der Waals surface area contributed by atoms with E-state index in [9.17, 15) is 0 Å². The fourth-order valence-corrected chi connectivity index (χ4v) is 2.20. The van der Waals surface area contributed by atoms with Crippen LogP contribution in [-0.4, -0.2) is 22.9 Å². The molecule has 4 nitrogen and oxygen atoms in total. The first-order valence-corrected chi connectivity index (χ1v) is 7.55. The molecule has 2 aromatic rings. The summed E-state index contributed by atoms with van der Waals surface area (Å²) in [6.45, 7) is 6.96. The first kappa shape index (κ1) is 15.6. The zero-order valence-corrected chi connectivity index (χ0v) is 13.2. The minimum absolute atomic E-state index is 0.655. The highest BCUT2D eigenvalue weighted by atomic mass is 16.5. The van der Waals surface area contributed by atoms with Crippen LogP contribution in [0.15, 0.2) is 36.5 Å². The van der Waals surface area contributed by atoms with Crippen molar-refractivity contribution in [3.63, 3.8) is 0 Å². The Bertz CT molecular complexity index is 548. The summed E-state index contributed by atoms with van der Waals surface area (Å²) in [7, 11) is 1.96. The molecule has 1 aromatic heterocycles. The van der Waals surface area contributed by atoms with Gasteiger partial charge in [-0.15, -0.1) is 0 Å². The third-order valence-electron chi connectivity index (χ3n) is 3.38. The highest BCUT2D eigenvalue weighted by Crippen LogP contribution is 2.18. The van der Waals surface area contributed by atoms with Crippen LogP contribution in [-0.2, 0) is 20.0 Å². The molecule has 0 unspecified atom stereocenters. The van der Waals surface area contributed by atoms with Crippen LogP contribution < -0.4 is 10.1 Å². The Kier molecular flexibility index (Phi) is 5.81. The molecule has 0 aliphatic rings. The van der Waals surface area contributed by atoms with Crippen LogP contribution in [0.5, 0.6) is 5.75 Å². The van der Waals surface area contributed by atoms with Crippen molar-refractivity contribution in [2.24, 2.45) is 13.0 Å². The molecule has 0 radical (unpaired) electrons. The summed E-state index contributed by atoms with van der Waals surface area (Å²) in [5.41, 5.74) is 2.40. The number of hydrogen-bond donors (Lipinski definition) is 1. The van der Waals surface area contributed by atoms with Crippen molar-refractivity contribution >= 4 is 0 Å². The number of ether oxygens (including phenoxy) is 1. The maximum Gasteiger partial charge on any atom is 0.123 e. The number of nitrogens with one attached hydrogen (secondary N) is 1. The maximum absolute atomic E-state index is 5.94. The van der Waals surface area contributed by atoms with Gasteiger partial charge in [0.05, 0.1) is 6.61 Å². The second kappa shape index (κ2) is 7.84. The summed E-state index contributed by atoms with van der Waals surface area (Å²) in [5, 5.41) is 7.63. The normalized spacial score (nSPS) is 11.0. The van der Waals surface area contributed by atoms with Crippen LogP contribution in [0, 0.1) is 5.92 Å². The van der Waals surface area contributed by atoms with E-state index < -0.39 is 0 Å². The molecule has 2 rings (SSSR count). The highest BCUT2D eigenvalue weighted by Gasteiger charge is 2.04. The van der Waals surface area contributed by atoms with E-state index in [1.54, 1.807) is 0 Å². The molecular weight excluding hydrogens is 262 g/mol. The third kappa shape index (κ3) is 4.90. The fourth-order valence-electron chi connectivity index (χ4n) is 2.20. The summed E-state index contributed by atoms with van der Waals surface area (Å²) in [5.74, 6) is 1.62.